The van der Waals surface area contributed by atoms with Crippen molar-refractivity contribution in [2.45, 2.75) is 12.8 Å². The van der Waals surface area contributed by atoms with Crippen LogP contribution in [0.5, 0.6) is 0 Å². The molecular formula is C7H8N2OS. The molecule has 4 heteroatoms. The van der Waals surface area contributed by atoms with E-state index in [9.17, 15) is 4.79 Å². The van der Waals surface area contributed by atoms with Gasteiger partial charge in [0, 0.05) is 6.42 Å². The van der Waals surface area contributed by atoms with Gasteiger partial charge in [0.15, 0.2) is 0 Å². The number of carbonyl (C=O) groups is 1. The van der Waals surface area contributed by atoms with Crippen LogP contribution in [0.1, 0.15) is 12.1 Å². The third-order valence-corrected chi connectivity index (χ3v) is 1.67. The van der Waals surface area contributed by atoms with E-state index in [0.717, 1.165) is 17.4 Å². The lowest BCUT2D eigenvalue weighted by atomic mass is 10.2. The predicted octanol–water partition coefficient (Wildman–Crippen LogP) is 1.23. The number of rotatable bonds is 4. The Morgan fingerprint density at radius 2 is 2.64 bits per heavy atom. The van der Waals surface area contributed by atoms with Gasteiger partial charge in [-0.2, -0.15) is 8.75 Å². The van der Waals surface area contributed by atoms with Crippen molar-refractivity contribution in [2.24, 2.45) is 0 Å². The van der Waals surface area contributed by atoms with Crippen molar-refractivity contribution in [3.05, 3.63) is 24.5 Å². The van der Waals surface area contributed by atoms with Gasteiger partial charge in [-0.05, 0) is 0 Å². The van der Waals surface area contributed by atoms with Gasteiger partial charge in [0.2, 0.25) is 0 Å². The largest absolute Gasteiger partial charge is 0.299 e. The second-order valence-corrected chi connectivity index (χ2v) is 2.66. The number of ketones is 1. The van der Waals surface area contributed by atoms with Crippen molar-refractivity contribution >= 4 is 17.5 Å². The van der Waals surface area contributed by atoms with Crippen molar-refractivity contribution < 1.29 is 4.79 Å². The van der Waals surface area contributed by atoms with Crippen LogP contribution in [-0.2, 0) is 11.2 Å². The summed E-state index contributed by atoms with van der Waals surface area (Å²) < 4.78 is 7.70. The van der Waals surface area contributed by atoms with Gasteiger partial charge < -0.3 is 0 Å². The Morgan fingerprint density at radius 3 is 3.18 bits per heavy atom. The molecule has 0 atom stereocenters. The van der Waals surface area contributed by atoms with Crippen molar-refractivity contribution in [3.8, 4) is 0 Å². The smallest absolute Gasteiger partial charge is 0.142 e. The Balaban J connectivity index is 2.43. The van der Waals surface area contributed by atoms with E-state index in [4.69, 9.17) is 0 Å². The molecule has 1 aromatic heterocycles. The quantitative estimate of drug-likeness (QED) is 0.635. The second kappa shape index (κ2) is 3.98. The van der Waals surface area contributed by atoms with E-state index in [1.165, 1.54) is 0 Å². The molecule has 0 saturated heterocycles. The summed E-state index contributed by atoms with van der Waals surface area (Å²) in [5.74, 6) is 0.132. The van der Waals surface area contributed by atoms with Crippen molar-refractivity contribution in [2.75, 3.05) is 0 Å². The number of allylic oxidation sites excluding steroid dienone is 1. The van der Waals surface area contributed by atoms with Gasteiger partial charge >= 0.3 is 0 Å². The first-order chi connectivity index (χ1) is 5.33. The van der Waals surface area contributed by atoms with Gasteiger partial charge in [-0.25, -0.2) is 0 Å². The number of hydrogen-bond acceptors (Lipinski definition) is 4. The van der Waals surface area contributed by atoms with Gasteiger partial charge in [0.25, 0.3) is 0 Å². The molecule has 1 aromatic rings. The van der Waals surface area contributed by atoms with Crippen LogP contribution in [-0.4, -0.2) is 14.5 Å². The van der Waals surface area contributed by atoms with Crippen LogP contribution >= 0.6 is 11.7 Å². The summed E-state index contributed by atoms with van der Waals surface area (Å²) in [7, 11) is 0. The zero-order valence-electron chi connectivity index (χ0n) is 5.99. The van der Waals surface area contributed by atoms with Crippen molar-refractivity contribution in [1.82, 2.24) is 8.75 Å². The molecule has 0 bridgehead atoms. The van der Waals surface area contributed by atoms with Gasteiger partial charge in [0.1, 0.15) is 5.78 Å². The zero-order valence-corrected chi connectivity index (χ0v) is 6.80. The van der Waals surface area contributed by atoms with Gasteiger partial charge in [0.05, 0.1) is 30.0 Å². The van der Waals surface area contributed by atoms with E-state index in [0.29, 0.717) is 12.8 Å². The zero-order chi connectivity index (χ0) is 8.10. The second-order valence-electron chi connectivity index (χ2n) is 2.11. The summed E-state index contributed by atoms with van der Waals surface area (Å²) in [6.07, 6.45) is 4.01. The molecule has 0 spiro atoms. The van der Waals surface area contributed by atoms with E-state index in [-0.39, 0.29) is 5.78 Å². The molecule has 0 unspecified atom stereocenters. The minimum absolute atomic E-state index is 0.132. The third kappa shape index (κ3) is 2.59. The Morgan fingerprint density at radius 1 is 1.82 bits per heavy atom. The molecule has 1 rings (SSSR count). The van der Waals surface area contributed by atoms with E-state index in [1.54, 1.807) is 12.3 Å². The standard InChI is InChI=1S/C7H8N2OS/c1-2-3-7(10)4-6-5-8-11-9-6/h2,5H,1,3-4H2. The monoisotopic (exact) mass is 168 g/mol. The first-order valence-electron chi connectivity index (χ1n) is 3.22. The predicted molar refractivity (Wildman–Crippen MR) is 43.4 cm³/mol. The number of aromatic nitrogens is 2. The summed E-state index contributed by atoms with van der Waals surface area (Å²) >= 11 is 1.12. The highest BCUT2D eigenvalue weighted by atomic mass is 32.1. The Hall–Kier alpha value is -1.03. The molecular weight excluding hydrogens is 160 g/mol. The number of carbonyl (C=O) groups excluding carboxylic acids is 1. The average Bonchev–Trinajstić information content (AvgIpc) is 2.40. The van der Waals surface area contributed by atoms with Gasteiger partial charge in [-0.3, -0.25) is 4.79 Å². The summed E-state index contributed by atoms with van der Waals surface area (Å²) in [6, 6.07) is 0. The molecule has 0 aliphatic rings. The topological polar surface area (TPSA) is 42.9 Å². The summed E-state index contributed by atoms with van der Waals surface area (Å²) in [6.45, 7) is 3.48. The van der Waals surface area contributed by atoms with E-state index in [2.05, 4.69) is 15.3 Å². The van der Waals surface area contributed by atoms with Crippen LogP contribution in [0.3, 0.4) is 0 Å². The Labute approximate surface area is 69.1 Å². The Bertz CT molecular complexity index is 243. The van der Waals surface area contributed by atoms with E-state index >= 15 is 0 Å². The van der Waals surface area contributed by atoms with Gasteiger partial charge in [-0.15, -0.1) is 6.58 Å². The molecule has 0 radical (unpaired) electrons. The molecule has 0 N–H and O–H groups in total. The van der Waals surface area contributed by atoms with Crippen molar-refractivity contribution in [3.63, 3.8) is 0 Å². The molecule has 11 heavy (non-hydrogen) atoms. The molecule has 0 amide bonds. The number of nitrogens with zero attached hydrogens (tertiary/aromatic N) is 2. The minimum Gasteiger partial charge on any atom is -0.299 e. The third-order valence-electron chi connectivity index (χ3n) is 1.16. The number of Topliss-reactive ketones (excluding diaryl/α,β-unsaturated/α-hetero) is 1. The van der Waals surface area contributed by atoms with Crippen LogP contribution in [0.25, 0.3) is 0 Å². The fourth-order valence-corrected chi connectivity index (χ4v) is 1.13. The maximum Gasteiger partial charge on any atom is 0.142 e. The van der Waals surface area contributed by atoms with Crippen LogP contribution in [0, 0.1) is 0 Å². The molecule has 58 valence electrons. The highest BCUT2D eigenvalue weighted by molar-refractivity contribution is 6.99. The van der Waals surface area contributed by atoms with Crippen LogP contribution in [0.2, 0.25) is 0 Å². The molecule has 0 fully saturated rings. The summed E-state index contributed by atoms with van der Waals surface area (Å²) in [4.78, 5) is 11.0. The molecule has 3 nitrogen and oxygen atoms in total. The Kier molecular flexibility index (Phi) is 2.92. The maximum absolute atomic E-state index is 11.0. The molecule has 0 aromatic carbocycles. The maximum atomic E-state index is 11.0. The lowest BCUT2D eigenvalue weighted by Crippen LogP contribution is -2.00. The van der Waals surface area contributed by atoms with E-state index in [1.807, 2.05) is 0 Å². The normalized spacial score (nSPS) is 9.45. The summed E-state index contributed by atoms with van der Waals surface area (Å²) in [5.41, 5.74) is 0.752. The first kappa shape index (κ1) is 8.07. The van der Waals surface area contributed by atoms with Crippen LogP contribution in [0.4, 0.5) is 0 Å². The molecule has 0 saturated carbocycles. The van der Waals surface area contributed by atoms with Crippen molar-refractivity contribution in [1.29, 1.82) is 0 Å². The van der Waals surface area contributed by atoms with E-state index < -0.39 is 0 Å². The highest BCUT2D eigenvalue weighted by Crippen LogP contribution is 1.98. The average molecular weight is 168 g/mol. The fraction of sp³-hybridized carbons (Fsp3) is 0.286. The molecule has 0 aliphatic heterocycles. The van der Waals surface area contributed by atoms with Gasteiger partial charge in [-0.1, -0.05) is 6.08 Å². The SMILES string of the molecule is C=CCC(=O)Cc1cnsn1. The van der Waals surface area contributed by atoms with Crippen LogP contribution in [0.15, 0.2) is 18.9 Å². The summed E-state index contributed by atoms with van der Waals surface area (Å²) in [5, 5.41) is 0. The van der Waals surface area contributed by atoms with Crippen LogP contribution < -0.4 is 0 Å². The first-order valence-corrected chi connectivity index (χ1v) is 3.95. The lowest BCUT2D eigenvalue weighted by Gasteiger charge is -1.90. The molecule has 1 heterocycles. The minimum atomic E-state index is 0.132. The molecule has 0 aliphatic carbocycles. The highest BCUT2D eigenvalue weighted by Gasteiger charge is 2.02. The lowest BCUT2D eigenvalue weighted by molar-refractivity contribution is -0.117. The number of hydrogen-bond donors (Lipinski definition) is 0. The fourth-order valence-electron chi connectivity index (χ4n) is 0.697.